The van der Waals surface area contributed by atoms with Gasteiger partial charge >= 0.3 is 8.80 Å². The van der Waals surface area contributed by atoms with Gasteiger partial charge in [-0.25, -0.2) is 9.13 Å². The highest BCUT2D eigenvalue weighted by atomic mass is 28.4. The summed E-state index contributed by atoms with van der Waals surface area (Å²) in [5.41, 5.74) is 0. The lowest BCUT2D eigenvalue weighted by Gasteiger charge is -2.27. The van der Waals surface area contributed by atoms with E-state index in [1.54, 1.807) is 0 Å². The van der Waals surface area contributed by atoms with E-state index in [4.69, 9.17) is 13.3 Å². The molecule has 0 saturated heterocycles. The minimum absolute atomic E-state index is 0.636. The lowest BCUT2D eigenvalue weighted by molar-refractivity contribution is -0.696. The van der Waals surface area contributed by atoms with Crippen LogP contribution in [0.3, 0.4) is 0 Å². The quantitative estimate of drug-likeness (QED) is 0.151. The van der Waals surface area contributed by atoms with Crippen LogP contribution >= 0.6 is 0 Å². The second-order valence-corrected chi connectivity index (χ2v) is 10.5. The van der Waals surface area contributed by atoms with Crippen molar-refractivity contribution in [3.8, 4) is 0 Å². The predicted octanol–water partition coefficient (Wildman–Crippen LogP) is 5.74. The molecule has 0 bridgehead atoms. The SMILES string of the molecule is CCCCCCCCCCCC[n+]1ccn(CC[Si](OCC)(OCC)OCC)c1. The first-order valence-corrected chi connectivity index (χ1v) is 14.1. The van der Waals surface area contributed by atoms with Crippen LogP contribution in [0.5, 0.6) is 0 Å². The van der Waals surface area contributed by atoms with E-state index in [1.165, 1.54) is 64.2 Å². The van der Waals surface area contributed by atoms with Gasteiger partial charge in [0.1, 0.15) is 12.4 Å². The zero-order chi connectivity index (χ0) is 21.2. The van der Waals surface area contributed by atoms with Crippen LogP contribution in [0.2, 0.25) is 6.04 Å². The fraction of sp³-hybridized carbons (Fsp3) is 0.870. The van der Waals surface area contributed by atoms with E-state index >= 15 is 0 Å². The molecule has 0 radical (unpaired) electrons. The number of unbranched alkanes of at least 4 members (excludes halogenated alkanes) is 9. The molecular formula is C23H47N2O3Si+. The molecule has 0 saturated carbocycles. The molecule has 0 aliphatic heterocycles. The van der Waals surface area contributed by atoms with Crippen LogP contribution in [0, 0.1) is 0 Å². The Labute approximate surface area is 181 Å². The van der Waals surface area contributed by atoms with Crippen molar-refractivity contribution in [3.63, 3.8) is 0 Å². The van der Waals surface area contributed by atoms with Crippen LogP contribution in [0.15, 0.2) is 18.7 Å². The summed E-state index contributed by atoms with van der Waals surface area (Å²) in [6, 6.07) is 0.815. The van der Waals surface area contributed by atoms with Crippen molar-refractivity contribution in [2.24, 2.45) is 0 Å². The summed E-state index contributed by atoms with van der Waals surface area (Å²) in [6.07, 6.45) is 20.3. The average molecular weight is 428 g/mol. The smallest absolute Gasteiger partial charge is 0.374 e. The summed E-state index contributed by atoms with van der Waals surface area (Å²) in [7, 11) is -2.55. The van der Waals surface area contributed by atoms with E-state index in [1.807, 2.05) is 20.8 Å². The van der Waals surface area contributed by atoms with Gasteiger partial charge in [-0.05, 0) is 33.6 Å². The molecule has 1 aromatic rings. The van der Waals surface area contributed by atoms with Gasteiger partial charge < -0.3 is 13.3 Å². The van der Waals surface area contributed by atoms with Gasteiger partial charge in [-0.3, -0.25) is 0 Å². The summed E-state index contributed by atoms with van der Waals surface area (Å²) in [5.74, 6) is 0. The Kier molecular flexibility index (Phi) is 15.5. The topological polar surface area (TPSA) is 36.5 Å². The van der Waals surface area contributed by atoms with Crippen LogP contribution in [0.4, 0.5) is 0 Å². The maximum absolute atomic E-state index is 5.95. The molecule has 29 heavy (non-hydrogen) atoms. The number of aryl methyl sites for hydroxylation is 2. The standard InChI is InChI=1S/C23H47N2O3Si/c1-5-9-10-11-12-13-14-15-16-17-18-24-19-20-25(23-24)21-22-29(26-6-2,27-7-3)28-8-4/h19-20,23H,5-18,21-22H2,1-4H3/q+1. The van der Waals surface area contributed by atoms with Gasteiger partial charge in [0.05, 0.1) is 19.1 Å². The Morgan fingerprint density at radius 3 is 1.76 bits per heavy atom. The largest absolute Gasteiger partial charge is 0.504 e. The Hall–Kier alpha value is -0.693. The zero-order valence-corrected chi connectivity index (χ0v) is 20.7. The highest BCUT2D eigenvalue weighted by Crippen LogP contribution is 2.17. The fourth-order valence-corrected chi connectivity index (χ4v) is 6.29. The van der Waals surface area contributed by atoms with Gasteiger partial charge in [0.15, 0.2) is 0 Å². The lowest BCUT2D eigenvalue weighted by atomic mass is 10.1. The van der Waals surface area contributed by atoms with Crippen LogP contribution in [0.1, 0.15) is 91.9 Å². The van der Waals surface area contributed by atoms with Crippen molar-refractivity contribution in [3.05, 3.63) is 18.7 Å². The van der Waals surface area contributed by atoms with Gasteiger partial charge in [-0.15, -0.1) is 0 Å². The Balaban J connectivity index is 2.23. The summed E-state index contributed by atoms with van der Waals surface area (Å²) in [6.45, 7) is 12.2. The van der Waals surface area contributed by atoms with Crippen molar-refractivity contribution in [1.82, 2.24) is 4.57 Å². The van der Waals surface area contributed by atoms with E-state index in [0.29, 0.717) is 19.8 Å². The number of imidazole rings is 1. The van der Waals surface area contributed by atoms with E-state index in [-0.39, 0.29) is 0 Å². The molecule has 0 aliphatic carbocycles. The van der Waals surface area contributed by atoms with Crippen molar-refractivity contribution >= 4 is 8.80 Å². The molecular weight excluding hydrogens is 380 g/mol. The normalized spacial score (nSPS) is 12.0. The summed E-state index contributed by atoms with van der Waals surface area (Å²) in [5, 5.41) is 0. The lowest BCUT2D eigenvalue weighted by Crippen LogP contribution is -2.46. The molecule has 0 unspecified atom stereocenters. The number of hydrogen-bond acceptors (Lipinski definition) is 3. The summed E-state index contributed by atoms with van der Waals surface area (Å²) in [4.78, 5) is 0. The average Bonchev–Trinajstić information content (AvgIpc) is 3.16. The van der Waals surface area contributed by atoms with E-state index in [9.17, 15) is 0 Å². The van der Waals surface area contributed by atoms with Gasteiger partial charge in [0.25, 0.3) is 0 Å². The van der Waals surface area contributed by atoms with E-state index in [2.05, 4.69) is 34.8 Å². The van der Waals surface area contributed by atoms with Gasteiger partial charge in [0.2, 0.25) is 6.33 Å². The molecule has 1 aromatic heterocycles. The van der Waals surface area contributed by atoms with Crippen molar-refractivity contribution < 1.29 is 17.8 Å². The molecule has 6 heteroatoms. The number of nitrogens with zero attached hydrogens (tertiary/aromatic N) is 2. The second-order valence-electron chi connectivity index (χ2n) is 7.80. The Bertz CT molecular complexity index is 479. The highest BCUT2D eigenvalue weighted by Gasteiger charge is 2.40. The predicted molar refractivity (Wildman–Crippen MR) is 122 cm³/mol. The fourth-order valence-electron chi connectivity index (χ4n) is 3.75. The van der Waals surface area contributed by atoms with E-state index < -0.39 is 8.80 Å². The van der Waals surface area contributed by atoms with Crippen molar-refractivity contribution in [2.45, 2.75) is 111 Å². The van der Waals surface area contributed by atoms with E-state index in [0.717, 1.165) is 19.1 Å². The third kappa shape index (κ3) is 11.9. The van der Waals surface area contributed by atoms with Crippen LogP contribution in [0.25, 0.3) is 0 Å². The molecule has 0 aromatic carbocycles. The molecule has 1 heterocycles. The Morgan fingerprint density at radius 1 is 0.724 bits per heavy atom. The van der Waals surface area contributed by atoms with Gasteiger partial charge in [-0.1, -0.05) is 58.3 Å². The minimum atomic E-state index is -2.55. The second kappa shape index (κ2) is 17.0. The maximum Gasteiger partial charge on any atom is 0.504 e. The van der Waals surface area contributed by atoms with Gasteiger partial charge in [0, 0.05) is 19.8 Å². The summed E-state index contributed by atoms with van der Waals surface area (Å²) >= 11 is 0. The van der Waals surface area contributed by atoms with Crippen molar-refractivity contribution in [1.29, 1.82) is 0 Å². The molecule has 170 valence electrons. The van der Waals surface area contributed by atoms with Crippen LogP contribution in [-0.4, -0.2) is 33.2 Å². The molecule has 0 fully saturated rings. The molecule has 0 aliphatic rings. The third-order valence-electron chi connectivity index (χ3n) is 5.29. The first-order chi connectivity index (χ1) is 14.2. The van der Waals surface area contributed by atoms with Crippen LogP contribution < -0.4 is 4.57 Å². The summed E-state index contributed by atoms with van der Waals surface area (Å²) < 4.78 is 22.4. The first-order valence-electron chi connectivity index (χ1n) is 12.2. The third-order valence-corrected chi connectivity index (χ3v) is 8.31. The van der Waals surface area contributed by atoms with Crippen molar-refractivity contribution in [2.75, 3.05) is 19.8 Å². The maximum atomic E-state index is 5.95. The van der Waals surface area contributed by atoms with Gasteiger partial charge in [-0.2, -0.15) is 0 Å². The minimum Gasteiger partial charge on any atom is -0.374 e. The Morgan fingerprint density at radius 2 is 1.24 bits per heavy atom. The number of hydrogen-bond donors (Lipinski definition) is 0. The highest BCUT2D eigenvalue weighted by molar-refractivity contribution is 6.60. The van der Waals surface area contributed by atoms with Crippen LogP contribution in [-0.2, 0) is 26.4 Å². The molecule has 5 nitrogen and oxygen atoms in total. The monoisotopic (exact) mass is 427 g/mol. The molecule has 0 amide bonds. The number of aromatic nitrogens is 2. The molecule has 0 atom stereocenters. The number of rotatable bonds is 20. The molecule has 1 rings (SSSR count). The zero-order valence-electron chi connectivity index (χ0n) is 19.7. The first kappa shape index (κ1) is 26.3. The molecule has 0 N–H and O–H groups in total. The molecule has 0 spiro atoms.